The second-order valence-electron chi connectivity index (χ2n) is 14.5. The van der Waals surface area contributed by atoms with Crippen molar-refractivity contribution >= 4 is 69.4 Å². The van der Waals surface area contributed by atoms with Crippen molar-refractivity contribution in [2.24, 2.45) is 4.99 Å². The predicted octanol–water partition coefficient (Wildman–Crippen LogP) is 14.7. The summed E-state index contributed by atoms with van der Waals surface area (Å²) in [5.74, 6) is 1.17. The fraction of sp³-hybridized carbons (Fsp3) is 0.267. The highest BCUT2D eigenvalue weighted by molar-refractivity contribution is 7.40. The van der Waals surface area contributed by atoms with E-state index < -0.39 is 8.16 Å². The Labute approximate surface area is 297 Å². The molecule has 7 rings (SSSR count). The molecule has 50 heavy (non-hydrogen) atoms. The lowest BCUT2D eigenvalue weighted by molar-refractivity contribution is 0.641. The fourth-order valence-corrected chi connectivity index (χ4v) is 8.56. The molecule has 0 atom stereocenters. The summed E-state index contributed by atoms with van der Waals surface area (Å²) in [6, 6.07) is 38.9. The van der Waals surface area contributed by atoms with Gasteiger partial charge >= 0.3 is 8.16 Å². The first-order valence-corrected chi connectivity index (χ1v) is 19.1. The van der Waals surface area contributed by atoms with E-state index in [0.29, 0.717) is 11.8 Å². The van der Waals surface area contributed by atoms with Gasteiger partial charge in [-0.1, -0.05) is 152 Å². The minimum Gasteiger partial charge on any atom is -0.403 e. The maximum atomic E-state index is 7.20. The van der Waals surface area contributed by atoms with Crippen molar-refractivity contribution in [3.8, 4) is 0 Å². The van der Waals surface area contributed by atoms with Crippen molar-refractivity contribution in [1.82, 2.24) is 0 Å². The van der Waals surface area contributed by atoms with Gasteiger partial charge in [-0.2, -0.15) is 0 Å². The second kappa shape index (κ2) is 13.8. The van der Waals surface area contributed by atoms with Crippen molar-refractivity contribution in [3.05, 3.63) is 131 Å². The van der Waals surface area contributed by atoms with Gasteiger partial charge in [-0.3, -0.25) is 0 Å². The zero-order valence-corrected chi connectivity index (χ0v) is 31.3. The van der Waals surface area contributed by atoms with E-state index in [1.165, 1.54) is 22.3 Å². The van der Waals surface area contributed by atoms with Crippen LogP contribution in [0.25, 0.3) is 43.5 Å². The Morgan fingerprint density at radius 2 is 0.920 bits per heavy atom. The Morgan fingerprint density at radius 1 is 0.500 bits per heavy atom. The van der Waals surface area contributed by atoms with E-state index in [9.17, 15) is 0 Å². The number of fused-ring (bicyclic) bond motifs is 7. The second-order valence-corrected chi connectivity index (χ2v) is 15.8. The van der Waals surface area contributed by atoms with Gasteiger partial charge < -0.3 is 8.39 Å². The van der Waals surface area contributed by atoms with E-state index in [0.717, 1.165) is 54.9 Å². The number of nitrogens with zero attached hydrogens (tertiary/aromatic N) is 2. The summed E-state index contributed by atoms with van der Waals surface area (Å²) in [4.78, 5) is 5.40. The first-order valence-electron chi connectivity index (χ1n) is 17.9. The van der Waals surface area contributed by atoms with Crippen LogP contribution in [-0.4, -0.2) is 6.34 Å². The average Bonchev–Trinajstić information content (AvgIpc) is 3.28. The Bertz CT molecular complexity index is 2270. The van der Waals surface area contributed by atoms with Crippen molar-refractivity contribution < 1.29 is 8.39 Å². The number of benzene rings is 6. The lowest BCUT2D eigenvalue weighted by atomic mass is 9.92. The highest BCUT2D eigenvalue weighted by Gasteiger charge is 2.25. The Morgan fingerprint density at radius 3 is 1.36 bits per heavy atom. The topological polar surface area (TPSA) is 41.9 Å². The minimum absolute atomic E-state index is 0.267. The molecule has 0 aliphatic carbocycles. The summed E-state index contributed by atoms with van der Waals surface area (Å²) in [5, 5.41) is 6.73. The van der Waals surface area contributed by atoms with Gasteiger partial charge in [-0.25, -0.2) is 9.66 Å². The number of para-hydroxylation sites is 2. The zero-order valence-electron chi connectivity index (χ0n) is 30.4. The van der Waals surface area contributed by atoms with Gasteiger partial charge in [0.1, 0.15) is 17.5 Å². The van der Waals surface area contributed by atoms with Gasteiger partial charge in [0.25, 0.3) is 0 Å². The Hall–Kier alpha value is -4.79. The third kappa shape index (κ3) is 6.11. The van der Waals surface area contributed by atoms with Crippen LogP contribution in [0.4, 0.5) is 11.4 Å². The standard InChI is InChI=1S/C45H47N2O2P/c1-28(2)34-19-13-20-35(29(3)4)44(34)46-27-47(45-36(30(5)6)21-14-22-37(45)31(7)8)50-48-40-25-23-32-15-9-11-17-38(32)42(40)43-39-18-12-10-16-33(39)24-26-41(43)49-50/h9-31H,1-8H3. The summed E-state index contributed by atoms with van der Waals surface area (Å²) in [7, 11) is -1.77. The molecule has 0 aliphatic heterocycles. The Kier molecular flexibility index (Phi) is 9.33. The molecule has 0 bridgehead atoms. The zero-order chi connectivity index (χ0) is 35.1. The van der Waals surface area contributed by atoms with E-state index in [-0.39, 0.29) is 11.8 Å². The summed E-state index contributed by atoms with van der Waals surface area (Å²) in [5.41, 5.74) is 8.69. The van der Waals surface area contributed by atoms with Crippen LogP contribution in [0.2, 0.25) is 0 Å². The van der Waals surface area contributed by atoms with Crippen molar-refractivity contribution in [2.75, 3.05) is 4.67 Å². The first kappa shape index (κ1) is 33.7. The molecule has 0 radical (unpaired) electrons. The number of anilines is 1. The highest BCUT2D eigenvalue weighted by atomic mass is 31.1. The smallest absolute Gasteiger partial charge is 0.347 e. The summed E-state index contributed by atoms with van der Waals surface area (Å²) in [6.07, 6.45) is 2.00. The maximum Gasteiger partial charge on any atom is 0.347 e. The van der Waals surface area contributed by atoms with Gasteiger partial charge in [-0.05, 0) is 79.6 Å². The van der Waals surface area contributed by atoms with Gasteiger partial charge in [0.05, 0.1) is 11.4 Å². The number of hydrogen-bond donors (Lipinski definition) is 0. The van der Waals surface area contributed by atoms with Crippen molar-refractivity contribution in [1.29, 1.82) is 0 Å². The molecule has 7 aromatic rings. The van der Waals surface area contributed by atoms with Crippen molar-refractivity contribution in [3.63, 3.8) is 0 Å². The molecule has 6 aromatic carbocycles. The van der Waals surface area contributed by atoms with Crippen LogP contribution in [0, 0.1) is 0 Å². The molecule has 0 saturated carbocycles. The molecule has 5 heteroatoms. The largest absolute Gasteiger partial charge is 0.403 e. The number of rotatable bonds is 8. The third-order valence-corrected chi connectivity index (χ3v) is 11.1. The van der Waals surface area contributed by atoms with E-state index >= 15 is 0 Å². The number of aliphatic imine (C=N–C) groups is 1. The lowest BCUT2D eigenvalue weighted by Crippen LogP contribution is -2.16. The van der Waals surface area contributed by atoms with Gasteiger partial charge in [-0.15, -0.1) is 0 Å². The maximum absolute atomic E-state index is 7.20. The minimum atomic E-state index is -1.77. The molecule has 4 nitrogen and oxygen atoms in total. The molecule has 1 aromatic heterocycles. The van der Waals surface area contributed by atoms with Gasteiger partial charge in [0.2, 0.25) is 0 Å². The molecule has 254 valence electrons. The summed E-state index contributed by atoms with van der Waals surface area (Å²) in [6.45, 7) is 18.0. The van der Waals surface area contributed by atoms with Crippen LogP contribution < -0.4 is 4.67 Å². The normalized spacial score (nSPS) is 12.2. The molecule has 0 spiro atoms. The monoisotopic (exact) mass is 678 g/mol. The average molecular weight is 679 g/mol. The summed E-state index contributed by atoms with van der Waals surface area (Å²) >= 11 is 0. The van der Waals surface area contributed by atoms with E-state index in [1.54, 1.807) is 0 Å². The van der Waals surface area contributed by atoms with Crippen molar-refractivity contribution in [2.45, 2.75) is 79.1 Å². The molecule has 0 aliphatic rings. The predicted molar refractivity (Wildman–Crippen MR) is 217 cm³/mol. The first-order chi connectivity index (χ1) is 24.1. The molecule has 0 fully saturated rings. The van der Waals surface area contributed by atoms with Crippen LogP contribution in [0.1, 0.15) is 101 Å². The van der Waals surface area contributed by atoms with Crippen LogP contribution in [-0.2, 0) is 0 Å². The molecular weight excluding hydrogens is 631 g/mol. The van der Waals surface area contributed by atoms with Gasteiger partial charge in [0.15, 0.2) is 0 Å². The van der Waals surface area contributed by atoms with Crippen LogP contribution in [0.5, 0.6) is 0 Å². The summed E-state index contributed by atoms with van der Waals surface area (Å²) < 4.78 is 16.6. The molecule has 0 unspecified atom stereocenters. The third-order valence-electron chi connectivity index (χ3n) is 9.77. The van der Waals surface area contributed by atoms with E-state index in [2.05, 4.69) is 169 Å². The quantitative estimate of drug-likeness (QED) is 0.119. The molecule has 0 saturated heterocycles. The number of hydrogen-bond acceptors (Lipinski definition) is 3. The van der Waals surface area contributed by atoms with Gasteiger partial charge in [0, 0.05) is 10.8 Å². The highest BCUT2D eigenvalue weighted by Crippen LogP contribution is 2.48. The lowest BCUT2D eigenvalue weighted by Gasteiger charge is -2.26. The van der Waals surface area contributed by atoms with E-state index in [4.69, 9.17) is 13.4 Å². The molecule has 0 N–H and O–H groups in total. The van der Waals surface area contributed by atoms with Crippen LogP contribution in [0.3, 0.4) is 0 Å². The fourth-order valence-electron chi connectivity index (χ4n) is 7.18. The van der Waals surface area contributed by atoms with Crippen LogP contribution >= 0.6 is 8.16 Å². The molecule has 1 heterocycles. The Balaban J connectivity index is 1.63. The molecule has 0 amide bonds. The molecular formula is C45H47N2O2P. The SMILES string of the molecule is CC(C)c1cccc(C(C)C)c1N=CN(c1c(C(C)C)cccc1C(C)C)p1oc2ccc3ccccc3c2c2c(ccc3ccccc32)o1. The van der Waals surface area contributed by atoms with Crippen LogP contribution in [0.15, 0.2) is 123 Å². The van der Waals surface area contributed by atoms with E-state index in [1.807, 2.05) is 6.34 Å².